The van der Waals surface area contributed by atoms with Gasteiger partial charge in [-0.05, 0) is 38.5 Å². The Kier molecular flexibility index (Phi) is 4.39. The van der Waals surface area contributed by atoms with Crippen molar-refractivity contribution in [2.24, 2.45) is 5.92 Å². The second kappa shape index (κ2) is 5.13. The van der Waals surface area contributed by atoms with Crippen molar-refractivity contribution in [2.75, 3.05) is 6.61 Å². The monoisotopic (exact) mass is 199 g/mol. The molecule has 3 unspecified atom stereocenters. The number of aliphatic hydroxyl groups is 1. The summed E-state index contributed by atoms with van der Waals surface area (Å²) in [4.78, 5) is 0. The van der Waals surface area contributed by atoms with Gasteiger partial charge in [-0.3, -0.25) is 0 Å². The molecule has 2 N–H and O–H groups in total. The number of hydrogen-bond acceptors (Lipinski definition) is 2. The van der Waals surface area contributed by atoms with Crippen molar-refractivity contribution >= 4 is 0 Å². The summed E-state index contributed by atoms with van der Waals surface area (Å²) in [5.74, 6) is 0.805. The summed E-state index contributed by atoms with van der Waals surface area (Å²) in [6.45, 7) is 7.05. The van der Waals surface area contributed by atoms with Gasteiger partial charge in [0.25, 0.3) is 0 Å². The molecule has 0 bridgehead atoms. The Bertz CT molecular complexity index is 172. The Morgan fingerprint density at radius 3 is 2.57 bits per heavy atom. The molecule has 2 heteroatoms. The highest BCUT2D eigenvalue weighted by atomic mass is 16.3. The molecule has 0 heterocycles. The number of hydrogen-bond donors (Lipinski definition) is 2. The molecule has 0 saturated heterocycles. The van der Waals surface area contributed by atoms with E-state index in [1.807, 2.05) is 0 Å². The molecule has 1 aliphatic rings. The molecule has 3 atom stereocenters. The fourth-order valence-electron chi connectivity index (χ4n) is 2.41. The van der Waals surface area contributed by atoms with Gasteiger partial charge >= 0.3 is 0 Å². The van der Waals surface area contributed by atoms with Crippen LogP contribution in [0.4, 0.5) is 0 Å². The second-order valence-electron chi connectivity index (χ2n) is 5.05. The van der Waals surface area contributed by atoms with Gasteiger partial charge in [0.15, 0.2) is 0 Å². The van der Waals surface area contributed by atoms with Crippen LogP contribution in [-0.4, -0.2) is 23.3 Å². The quantitative estimate of drug-likeness (QED) is 0.712. The van der Waals surface area contributed by atoms with Crippen molar-refractivity contribution in [3.63, 3.8) is 0 Å². The van der Waals surface area contributed by atoms with Crippen molar-refractivity contribution < 1.29 is 5.11 Å². The molecule has 1 aliphatic carbocycles. The summed E-state index contributed by atoms with van der Waals surface area (Å²) in [5, 5.41) is 12.8. The van der Waals surface area contributed by atoms with Gasteiger partial charge in [0.2, 0.25) is 0 Å². The maximum absolute atomic E-state index is 9.03. The van der Waals surface area contributed by atoms with Crippen molar-refractivity contribution in [1.82, 2.24) is 5.32 Å². The summed E-state index contributed by atoms with van der Waals surface area (Å²) >= 11 is 0. The van der Waals surface area contributed by atoms with E-state index in [9.17, 15) is 0 Å². The lowest BCUT2D eigenvalue weighted by Crippen LogP contribution is -2.49. The normalized spacial score (nSPS) is 31.7. The molecule has 2 nitrogen and oxygen atoms in total. The van der Waals surface area contributed by atoms with Gasteiger partial charge in [0.05, 0.1) is 0 Å². The first-order valence-electron chi connectivity index (χ1n) is 6.00. The first-order valence-corrected chi connectivity index (χ1v) is 6.00. The molecule has 0 radical (unpaired) electrons. The van der Waals surface area contributed by atoms with Gasteiger partial charge in [-0.15, -0.1) is 0 Å². The van der Waals surface area contributed by atoms with E-state index in [-0.39, 0.29) is 5.54 Å². The second-order valence-corrected chi connectivity index (χ2v) is 5.05. The van der Waals surface area contributed by atoms with Crippen LogP contribution >= 0.6 is 0 Å². The molecule has 0 aromatic rings. The third-order valence-corrected chi connectivity index (χ3v) is 3.84. The van der Waals surface area contributed by atoms with Crippen LogP contribution in [0.3, 0.4) is 0 Å². The summed E-state index contributed by atoms with van der Waals surface area (Å²) in [6, 6.07) is 0.673. The molecule has 0 amide bonds. The van der Waals surface area contributed by atoms with E-state index in [0.29, 0.717) is 12.6 Å². The molecular formula is C12H25NO. The zero-order valence-electron chi connectivity index (χ0n) is 9.84. The fourth-order valence-corrected chi connectivity index (χ4v) is 2.41. The van der Waals surface area contributed by atoms with Crippen LogP contribution in [0.2, 0.25) is 0 Å². The van der Waals surface area contributed by atoms with Crippen molar-refractivity contribution in [3.05, 3.63) is 0 Å². The smallest absolute Gasteiger partial charge is 0.0448 e. The fraction of sp³-hybridized carbons (Fsp3) is 1.00. The highest BCUT2D eigenvalue weighted by molar-refractivity contribution is 4.89. The molecule has 1 rings (SSSR count). The summed E-state index contributed by atoms with van der Waals surface area (Å²) in [7, 11) is 0. The SMILES string of the molecule is CCC(C)(CCO)NC1CCCC1C. The lowest BCUT2D eigenvalue weighted by atomic mass is 9.92. The highest BCUT2D eigenvalue weighted by Crippen LogP contribution is 2.28. The van der Waals surface area contributed by atoms with Crippen LogP contribution in [0, 0.1) is 5.92 Å². The molecule has 14 heavy (non-hydrogen) atoms. The first-order chi connectivity index (χ1) is 6.61. The maximum atomic E-state index is 9.03. The average molecular weight is 199 g/mol. The van der Waals surface area contributed by atoms with E-state index in [0.717, 1.165) is 18.8 Å². The van der Waals surface area contributed by atoms with Gasteiger partial charge in [0.1, 0.15) is 0 Å². The minimum atomic E-state index is 0.137. The zero-order chi connectivity index (χ0) is 10.6. The zero-order valence-corrected chi connectivity index (χ0v) is 9.84. The van der Waals surface area contributed by atoms with Crippen molar-refractivity contribution in [3.8, 4) is 0 Å². The first kappa shape index (κ1) is 12.0. The number of nitrogens with one attached hydrogen (secondary N) is 1. The van der Waals surface area contributed by atoms with Gasteiger partial charge in [0, 0.05) is 18.2 Å². The predicted molar refractivity (Wildman–Crippen MR) is 60.3 cm³/mol. The minimum absolute atomic E-state index is 0.137. The lowest BCUT2D eigenvalue weighted by molar-refractivity contribution is 0.193. The van der Waals surface area contributed by atoms with Gasteiger partial charge in [-0.25, -0.2) is 0 Å². The predicted octanol–water partition coefficient (Wildman–Crippen LogP) is 2.32. The van der Waals surface area contributed by atoms with Gasteiger partial charge < -0.3 is 10.4 Å². The van der Waals surface area contributed by atoms with E-state index < -0.39 is 0 Å². The van der Waals surface area contributed by atoms with E-state index in [4.69, 9.17) is 5.11 Å². The summed E-state index contributed by atoms with van der Waals surface area (Å²) in [6.07, 6.45) is 5.99. The third kappa shape index (κ3) is 2.96. The minimum Gasteiger partial charge on any atom is -0.396 e. The summed E-state index contributed by atoms with van der Waals surface area (Å²) < 4.78 is 0. The largest absolute Gasteiger partial charge is 0.396 e. The van der Waals surface area contributed by atoms with Crippen LogP contribution in [-0.2, 0) is 0 Å². The van der Waals surface area contributed by atoms with E-state index >= 15 is 0 Å². The Hall–Kier alpha value is -0.0800. The third-order valence-electron chi connectivity index (χ3n) is 3.84. The van der Waals surface area contributed by atoms with Crippen molar-refractivity contribution in [2.45, 2.75) is 64.5 Å². The van der Waals surface area contributed by atoms with Gasteiger partial charge in [-0.2, -0.15) is 0 Å². The van der Waals surface area contributed by atoms with Crippen LogP contribution < -0.4 is 5.32 Å². The molecule has 0 aromatic carbocycles. The lowest BCUT2D eigenvalue weighted by Gasteiger charge is -2.34. The Morgan fingerprint density at radius 1 is 1.43 bits per heavy atom. The van der Waals surface area contributed by atoms with Crippen LogP contribution in [0.5, 0.6) is 0 Å². The van der Waals surface area contributed by atoms with Crippen molar-refractivity contribution in [1.29, 1.82) is 0 Å². The molecular weight excluding hydrogens is 174 g/mol. The average Bonchev–Trinajstić information content (AvgIpc) is 2.52. The number of rotatable bonds is 5. The standard InChI is InChI=1S/C12H25NO/c1-4-12(3,8-9-14)13-11-7-5-6-10(11)2/h10-11,13-14H,4-9H2,1-3H3. The molecule has 0 aromatic heterocycles. The molecule has 0 spiro atoms. The molecule has 1 fully saturated rings. The molecule has 0 aliphatic heterocycles. The number of aliphatic hydroxyl groups excluding tert-OH is 1. The van der Waals surface area contributed by atoms with Crippen LogP contribution in [0.25, 0.3) is 0 Å². The Balaban J connectivity index is 2.46. The Morgan fingerprint density at radius 2 is 2.14 bits per heavy atom. The van der Waals surface area contributed by atoms with E-state index in [2.05, 4.69) is 26.1 Å². The molecule has 84 valence electrons. The Labute approximate surface area is 88.1 Å². The molecule has 1 saturated carbocycles. The summed E-state index contributed by atoms with van der Waals surface area (Å²) in [5.41, 5.74) is 0.137. The van der Waals surface area contributed by atoms with Crippen LogP contribution in [0.15, 0.2) is 0 Å². The maximum Gasteiger partial charge on any atom is 0.0448 e. The van der Waals surface area contributed by atoms with E-state index in [1.165, 1.54) is 19.3 Å². The topological polar surface area (TPSA) is 32.3 Å². The van der Waals surface area contributed by atoms with Crippen LogP contribution in [0.1, 0.15) is 52.9 Å². The van der Waals surface area contributed by atoms with Gasteiger partial charge in [-0.1, -0.05) is 20.3 Å². The van der Waals surface area contributed by atoms with E-state index in [1.54, 1.807) is 0 Å². The highest BCUT2D eigenvalue weighted by Gasteiger charge is 2.30.